The molecule has 0 aliphatic rings. The maximum absolute atomic E-state index is 13.4. The molecular formula is C14H7BrClF7N2O2. The summed E-state index contributed by atoms with van der Waals surface area (Å²) in [5, 5.41) is 0.169. The Kier molecular flexibility index (Phi) is 6.10. The first-order valence-electron chi connectivity index (χ1n) is 6.74. The van der Waals surface area contributed by atoms with Gasteiger partial charge >= 0.3 is 24.0 Å². The molecule has 0 radical (unpaired) electrons. The monoisotopic (exact) mass is 482 g/mol. The average Bonchev–Trinajstić information content (AvgIpc) is 2.55. The minimum Gasteiger partial charge on any atom is -0.482 e. The highest BCUT2D eigenvalue weighted by atomic mass is 79.9. The number of ether oxygens (including phenoxy) is 2. The van der Waals surface area contributed by atoms with E-state index in [9.17, 15) is 30.7 Å². The third-order valence-electron chi connectivity index (χ3n) is 2.94. The summed E-state index contributed by atoms with van der Waals surface area (Å²) in [5.41, 5.74) is 0. The Labute approximate surface area is 160 Å². The molecule has 0 unspecified atom stereocenters. The van der Waals surface area contributed by atoms with Gasteiger partial charge in [0.05, 0.1) is 21.9 Å². The quantitative estimate of drug-likeness (QED) is 0.480. The Morgan fingerprint density at radius 3 is 2.15 bits per heavy atom. The van der Waals surface area contributed by atoms with Gasteiger partial charge in [0.1, 0.15) is 0 Å². The van der Waals surface area contributed by atoms with Gasteiger partial charge in [-0.3, -0.25) is 0 Å². The van der Waals surface area contributed by atoms with Crippen LogP contribution in [0.1, 0.15) is 0 Å². The van der Waals surface area contributed by atoms with Gasteiger partial charge in [-0.2, -0.15) is 30.7 Å². The van der Waals surface area contributed by atoms with Crippen molar-refractivity contribution >= 4 is 27.5 Å². The van der Waals surface area contributed by atoms with E-state index in [0.717, 1.165) is 12.4 Å². The van der Waals surface area contributed by atoms with Crippen molar-refractivity contribution in [2.75, 3.05) is 6.61 Å². The summed E-state index contributed by atoms with van der Waals surface area (Å²) in [6, 6.07) is 3.52. The van der Waals surface area contributed by atoms with Crippen molar-refractivity contribution in [1.29, 1.82) is 0 Å². The van der Waals surface area contributed by atoms with Gasteiger partial charge in [-0.1, -0.05) is 17.7 Å². The summed E-state index contributed by atoms with van der Waals surface area (Å²) >= 11 is 8.50. The average molecular weight is 484 g/mol. The summed E-state index contributed by atoms with van der Waals surface area (Å²) in [7, 11) is 0. The molecule has 2 aromatic rings. The molecule has 0 saturated heterocycles. The molecule has 27 heavy (non-hydrogen) atoms. The highest BCUT2D eigenvalue weighted by Crippen LogP contribution is 2.47. The molecule has 0 bridgehead atoms. The number of alkyl halides is 7. The van der Waals surface area contributed by atoms with Gasteiger partial charge in [-0.25, -0.2) is 9.97 Å². The summed E-state index contributed by atoms with van der Waals surface area (Å²) in [5.74, 6) is -12.7. The van der Waals surface area contributed by atoms with E-state index in [1.54, 1.807) is 0 Å². The molecule has 1 heterocycles. The van der Waals surface area contributed by atoms with E-state index >= 15 is 0 Å². The highest BCUT2D eigenvalue weighted by Gasteiger charge is 2.73. The number of hydrogen-bond donors (Lipinski definition) is 0. The van der Waals surface area contributed by atoms with Crippen LogP contribution in [0.4, 0.5) is 30.7 Å². The topological polar surface area (TPSA) is 44.2 Å². The second kappa shape index (κ2) is 7.66. The zero-order valence-corrected chi connectivity index (χ0v) is 15.0. The van der Waals surface area contributed by atoms with Crippen LogP contribution in [0.5, 0.6) is 17.5 Å². The van der Waals surface area contributed by atoms with E-state index in [1.165, 1.54) is 18.2 Å². The van der Waals surface area contributed by atoms with Crippen molar-refractivity contribution in [2.24, 2.45) is 0 Å². The Bertz CT molecular complexity index is 803. The molecule has 0 atom stereocenters. The second-order valence-electron chi connectivity index (χ2n) is 4.92. The van der Waals surface area contributed by atoms with E-state index in [4.69, 9.17) is 16.3 Å². The van der Waals surface area contributed by atoms with Gasteiger partial charge in [-0.15, -0.1) is 0 Å². The first kappa shape index (κ1) is 21.5. The van der Waals surface area contributed by atoms with Crippen LogP contribution in [0.3, 0.4) is 0 Å². The smallest absolute Gasteiger partial charge is 0.460 e. The van der Waals surface area contributed by atoms with Crippen LogP contribution >= 0.6 is 27.5 Å². The fraction of sp³-hybridized carbons (Fsp3) is 0.286. The lowest BCUT2D eigenvalue weighted by molar-refractivity contribution is -0.358. The predicted molar refractivity (Wildman–Crippen MR) is 82.7 cm³/mol. The molecular weight excluding hydrogens is 477 g/mol. The van der Waals surface area contributed by atoms with Crippen molar-refractivity contribution in [2.45, 2.75) is 18.0 Å². The molecule has 0 saturated carbocycles. The Morgan fingerprint density at radius 1 is 1.00 bits per heavy atom. The zero-order chi connectivity index (χ0) is 20.5. The molecule has 1 aromatic carbocycles. The first-order valence-corrected chi connectivity index (χ1v) is 7.91. The van der Waals surface area contributed by atoms with Gasteiger partial charge in [0.2, 0.25) is 0 Å². The number of benzene rings is 1. The maximum atomic E-state index is 13.4. The van der Waals surface area contributed by atoms with Crippen LogP contribution in [-0.4, -0.2) is 34.6 Å². The highest BCUT2D eigenvalue weighted by molar-refractivity contribution is 9.10. The number of hydrogen-bond acceptors (Lipinski definition) is 4. The van der Waals surface area contributed by atoms with Crippen LogP contribution in [0, 0.1) is 0 Å². The minimum atomic E-state index is -6.45. The summed E-state index contributed by atoms with van der Waals surface area (Å²) in [4.78, 5) is 7.34. The number of halogens is 9. The molecule has 0 N–H and O–H groups in total. The Morgan fingerprint density at radius 2 is 1.59 bits per heavy atom. The minimum absolute atomic E-state index is 0.0416. The fourth-order valence-electron chi connectivity index (χ4n) is 1.62. The normalized spacial score (nSPS) is 12.8. The molecule has 1 aromatic heterocycles. The van der Waals surface area contributed by atoms with Crippen molar-refractivity contribution in [3.05, 3.63) is 40.1 Å². The summed E-state index contributed by atoms with van der Waals surface area (Å²) < 4.78 is 99.0. The third-order valence-corrected chi connectivity index (χ3v) is 3.76. The molecule has 13 heteroatoms. The largest absolute Gasteiger partial charge is 0.482 e. The van der Waals surface area contributed by atoms with Crippen LogP contribution < -0.4 is 9.47 Å². The van der Waals surface area contributed by atoms with E-state index in [1.807, 2.05) is 0 Å². The van der Waals surface area contributed by atoms with Gasteiger partial charge < -0.3 is 9.47 Å². The molecule has 148 valence electrons. The van der Waals surface area contributed by atoms with Gasteiger partial charge in [-0.05, 0) is 28.1 Å². The molecule has 2 rings (SSSR count). The van der Waals surface area contributed by atoms with Crippen molar-refractivity contribution in [1.82, 2.24) is 9.97 Å². The lowest BCUT2D eigenvalue weighted by atomic mass is 10.2. The number of nitrogens with zero attached hydrogens (tertiary/aromatic N) is 2. The maximum Gasteiger partial charge on any atom is 0.460 e. The van der Waals surface area contributed by atoms with Crippen molar-refractivity contribution in [3.8, 4) is 17.5 Å². The van der Waals surface area contributed by atoms with Gasteiger partial charge in [0.15, 0.2) is 18.1 Å². The lowest BCUT2D eigenvalue weighted by Gasteiger charge is -2.28. The predicted octanol–water partition coefficient (Wildman–Crippen LogP) is 5.90. The Balaban J connectivity index is 2.25. The van der Waals surface area contributed by atoms with Crippen LogP contribution in [0.2, 0.25) is 5.02 Å². The van der Waals surface area contributed by atoms with E-state index in [2.05, 4.69) is 30.6 Å². The molecule has 0 amide bonds. The van der Waals surface area contributed by atoms with Crippen LogP contribution in [0.15, 0.2) is 35.1 Å². The van der Waals surface area contributed by atoms with E-state index in [-0.39, 0.29) is 21.3 Å². The van der Waals surface area contributed by atoms with E-state index in [0.29, 0.717) is 0 Å². The molecule has 0 spiro atoms. The fourth-order valence-corrected chi connectivity index (χ4v) is 2.18. The number of rotatable bonds is 6. The molecule has 0 aliphatic heterocycles. The zero-order valence-electron chi connectivity index (χ0n) is 12.7. The molecule has 0 aliphatic carbocycles. The number of para-hydroxylation sites is 1. The van der Waals surface area contributed by atoms with Crippen LogP contribution in [0.25, 0.3) is 0 Å². The standard InChI is InChI=1S/C14H7BrClF7N2O2/c15-8-2-1-3-9(27-11-24-4-7(16)5-25-11)10(8)26-6-12(17,18)13(19,20)14(21,22)23/h1-5H,6H2. The van der Waals surface area contributed by atoms with Crippen molar-refractivity contribution < 1.29 is 40.2 Å². The van der Waals surface area contributed by atoms with Crippen LogP contribution in [-0.2, 0) is 0 Å². The summed E-state index contributed by atoms with van der Waals surface area (Å²) in [6.45, 7) is -2.26. The van der Waals surface area contributed by atoms with Gasteiger partial charge in [0.25, 0.3) is 0 Å². The SMILES string of the molecule is FC(F)(F)C(F)(F)C(F)(F)COc1c(Br)cccc1Oc1ncc(Cl)cn1. The molecule has 4 nitrogen and oxygen atoms in total. The van der Waals surface area contributed by atoms with E-state index < -0.39 is 30.4 Å². The summed E-state index contributed by atoms with van der Waals surface area (Å²) in [6.07, 6.45) is -4.15. The first-order chi connectivity index (χ1) is 12.3. The number of aromatic nitrogens is 2. The van der Waals surface area contributed by atoms with Crippen molar-refractivity contribution in [3.63, 3.8) is 0 Å². The lowest BCUT2D eigenvalue weighted by Crippen LogP contribution is -2.54. The second-order valence-corrected chi connectivity index (χ2v) is 6.21. The van der Waals surface area contributed by atoms with Gasteiger partial charge in [0, 0.05) is 0 Å². The molecule has 0 fully saturated rings. The Hall–Kier alpha value is -1.82. The third kappa shape index (κ3) is 4.72.